The van der Waals surface area contributed by atoms with Crippen molar-refractivity contribution in [2.75, 3.05) is 24.5 Å². The molecule has 0 aliphatic carbocycles. The van der Waals surface area contributed by atoms with E-state index in [-0.39, 0.29) is 17.9 Å². The predicted octanol–water partition coefficient (Wildman–Crippen LogP) is 2.07. The van der Waals surface area contributed by atoms with Crippen LogP contribution in [0.4, 0.5) is 14.9 Å². The monoisotopic (exact) mass is 345 g/mol. The highest BCUT2D eigenvalue weighted by molar-refractivity contribution is 5.74. The summed E-state index contributed by atoms with van der Waals surface area (Å²) in [6.45, 7) is 1.99. The number of piperidine rings is 1. The molecular weight excluding hydrogens is 321 g/mol. The second kappa shape index (κ2) is 8.00. The Kier molecular flexibility index (Phi) is 5.53. The fourth-order valence-electron chi connectivity index (χ4n) is 3.18. The van der Waals surface area contributed by atoms with Gasteiger partial charge in [0, 0.05) is 38.9 Å². The van der Waals surface area contributed by atoms with Crippen molar-refractivity contribution in [1.29, 1.82) is 0 Å². The molecule has 1 aliphatic rings. The molecule has 1 fully saturated rings. The van der Waals surface area contributed by atoms with Crippen LogP contribution in [0.1, 0.15) is 18.4 Å². The van der Waals surface area contributed by atoms with E-state index in [4.69, 9.17) is 0 Å². The Morgan fingerprint density at radius 3 is 3.00 bits per heavy atom. The first kappa shape index (κ1) is 17.3. The molecule has 6 nitrogen and oxygen atoms in total. The number of rotatable bonds is 5. The average molecular weight is 345 g/mol. The molecule has 1 saturated heterocycles. The highest BCUT2D eigenvalue weighted by atomic mass is 19.1. The Morgan fingerprint density at radius 2 is 2.24 bits per heavy atom. The number of nitrogens with one attached hydrogen (secondary N) is 2. The molecule has 7 heteroatoms. The topological polar surface area (TPSA) is 62.2 Å². The molecule has 2 amide bonds. The van der Waals surface area contributed by atoms with Crippen LogP contribution in [-0.2, 0) is 13.5 Å². The number of halogens is 1. The summed E-state index contributed by atoms with van der Waals surface area (Å²) in [5.74, 6) is -0.218. The summed E-state index contributed by atoms with van der Waals surface area (Å²) < 4.78 is 15.7. The molecule has 1 atom stereocenters. The molecule has 0 radical (unpaired) electrons. The summed E-state index contributed by atoms with van der Waals surface area (Å²) in [5, 5.41) is 9.97. The Balaban J connectivity index is 1.45. The Labute approximate surface area is 147 Å². The maximum atomic E-state index is 13.9. The van der Waals surface area contributed by atoms with Crippen molar-refractivity contribution in [3.8, 4) is 0 Å². The van der Waals surface area contributed by atoms with Crippen LogP contribution < -0.4 is 15.5 Å². The second-order valence-corrected chi connectivity index (χ2v) is 6.41. The number of nitrogens with zero attached hydrogens (tertiary/aromatic N) is 3. The maximum Gasteiger partial charge on any atom is 0.315 e. The third-order valence-corrected chi connectivity index (χ3v) is 4.41. The van der Waals surface area contributed by atoms with Gasteiger partial charge in [0.25, 0.3) is 0 Å². The average Bonchev–Trinajstić information content (AvgIpc) is 3.01. The third kappa shape index (κ3) is 4.71. The summed E-state index contributed by atoms with van der Waals surface area (Å²) >= 11 is 0. The van der Waals surface area contributed by atoms with E-state index in [1.54, 1.807) is 23.0 Å². The van der Waals surface area contributed by atoms with E-state index in [0.29, 0.717) is 18.8 Å². The van der Waals surface area contributed by atoms with Crippen LogP contribution in [0.2, 0.25) is 0 Å². The normalized spacial score (nSPS) is 17.4. The van der Waals surface area contributed by atoms with Crippen molar-refractivity contribution in [3.05, 3.63) is 48.0 Å². The maximum absolute atomic E-state index is 13.9. The van der Waals surface area contributed by atoms with Gasteiger partial charge in [0.2, 0.25) is 0 Å². The minimum atomic E-state index is -0.218. The number of carbonyl (C=O) groups excluding carboxylic acids is 1. The third-order valence-electron chi connectivity index (χ3n) is 4.41. The van der Waals surface area contributed by atoms with E-state index in [1.807, 2.05) is 24.2 Å². The van der Waals surface area contributed by atoms with Gasteiger partial charge >= 0.3 is 6.03 Å². The lowest BCUT2D eigenvalue weighted by molar-refractivity contribution is 0.235. The van der Waals surface area contributed by atoms with Crippen molar-refractivity contribution in [3.63, 3.8) is 0 Å². The van der Waals surface area contributed by atoms with Gasteiger partial charge in [0.15, 0.2) is 0 Å². The second-order valence-electron chi connectivity index (χ2n) is 6.41. The fraction of sp³-hybridized carbons (Fsp3) is 0.444. The zero-order chi connectivity index (χ0) is 17.6. The van der Waals surface area contributed by atoms with Crippen LogP contribution in [0.5, 0.6) is 0 Å². The number of anilines is 1. The van der Waals surface area contributed by atoms with Gasteiger partial charge in [-0.1, -0.05) is 12.1 Å². The molecule has 0 saturated carbocycles. The number of urea groups is 1. The van der Waals surface area contributed by atoms with Gasteiger partial charge in [-0.15, -0.1) is 0 Å². The molecule has 0 unspecified atom stereocenters. The number of aromatic nitrogens is 2. The number of benzene rings is 1. The van der Waals surface area contributed by atoms with Crippen LogP contribution >= 0.6 is 0 Å². The highest BCUT2D eigenvalue weighted by Gasteiger charge is 2.23. The van der Waals surface area contributed by atoms with Gasteiger partial charge in [-0.3, -0.25) is 4.68 Å². The molecule has 1 aromatic heterocycles. The smallest absolute Gasteiger partial charge is 0.315 e. The standard InChI is InChI=1S/C18H24FN5O/c1-23-12-14(11-21-23)8-9-20-18(25)22-15-5-4-10-24(13-15)17-7-3-2-6-16(17)19/h2-3,6-7,11-12,15H,4-5,8-10,13H2,1H3,(H2,20,22,25)/t15-/m0/s1. The highest BCUT2D eigenvalue weighted by Crippen LogP contribution is 2.22. The number of hydrogen-bond donors (Lipinski definition) is 2. The van der Waals surface area contributed by atoms with Gasteiger partial charge in [0.1, 0.15) is 5.82 Å². The molecule has 134 valence electrons. The number of carbonyl (C=O) groups is 1. The SMILES string of the molecule is Cn1cc(CCNC(=O)N[C@H]2CCCN(c3ccccc3F)C2)cn1. The molecule has 25 heavy (non-hydrogen) atoms. The minimum Gasteiger partial charge on any atom is -0.367 e. The molecule has 0 spiro atoms. The minimum absolute atomic E-state index is 0.0201. The lowest BCUT2D eigenvalue weighted by atomic mass is 10.0. The number of para-hydroxylation sites is 1. The van der Waals surface area contributed by atoms with Crippen LogP contribution in [0, 0.1) is 5.82 Å². The van der Waals surface area contributed by atoms with Crippen molar-refractivity contribution in [2.24, 2.45) is 7.05 Å². The number of aryl methyl sites for hydroxylation is 1. The Bertz CT molecular complexity index is 717. The van der Waals surface area contributed by atoms with E-state index in [0.717, 1.165) is 31.4 Å². The summed E-state index contributed by atoms with van der Waals surface area (Å²) in [6.07, 6.45) is 6.31. The number of hydrogen-bond acceptors (Lipinski definition) is 3. The van der Waals surface area contributed by atoms with Crippen LogP contribution in [0.3, 0.4) is 0 Å². The molecule has 2 N–H and O–H groups in total. The van der Waals surface area contributed by atoms with Crippen molar-refractivity contribution < 1.29 is 9.18 Å². The van der Waals surface area contributed by atoms with E-state index in [9.17, 15) is 9.18 Å². The molecule has 3 rings (SSSR count). The first-order valence-corrected chi connectivity index (χ1v) is 8.63. The molecule has 2 aromatic rings. The van der Waals surface area contributed by atoms with Crippen LogP contribution in [0.25, 0.3) is 0 Å². The summed E-state index contributed by atoms with van der Waals surface area (Å²) in [7, 11) is 1.87. The van der Waals surface area contributed by atoms with E-state index in [2.05, 4.69) is 15.7 Å². The van der Waals surface area contributed by atoms with Crippen molar-refractivity contribution in [1.82, 2.24) is 20.4 Å². The van der Waals surface area contributed by atoms with Crippen molar-refractivity contribution >= 4 is 11.7 Å². The van der Waals surface area contributed by atoms with E-state index < -0.39 is 0 Å². The first-order chi connectivity index (χ1) is 12.1. The predicted molar refractivity (Wildman–Crippen MR) is 95.1 cm³/mol. The van der Waals surface area contributed by atoms with Crippen molar-refractivity contribution in [2.45, 2.75) is 25.3 Å². The summed E-state index contributed by atoms with van der Waals surface area (Å²) in [4.78, 5) is 14.1. The summed E-state index contributed by atoms with van der Waals surface area (Å²) in [5.41, 5.74) is 1.69. The van der Waals surface area contributed by atoms with Crippen LogP contribution in [0.15, 0.2) is 36.7 Å². The lowest BCUT2D eigenvalue weighted by Crippen LogP contribution is -2.51. The molecular formula is C18H24FN5O. The van der Waals surface area contributed by atoms with Gasteiger partial charge in [-0.2, -0.15) is 5.10 Å². The molecule has 1 aliphatic heterocycles. The first-order valence-electron chi connectivity index (χ1n) is 8.63. The van der Waals surface area contributed by atoms with Gasteiger partial charge in [-0.25, -0.2) is 9.18 Å². The Morgan fingerprint density at radius 1 is 1.40 bits per heavy atom. The molecule has 0 bridgehead atoms. The molecule has 1 aromatic carbocycles. The largest absolute Gasteiger partial charge is 0.367 e. The lowest BCUT2D eigenvalue weighted by Gasteiger charge is -2.34. The van der Waals surface area contributed by atoms with Crippen LogP contribution in [-0.4, -0.2) is 41.5 Å². The zero-order valence-electron chi connectivity index (χ0n) is 14.4. The Hall–Kier alpha value is -2.57. The zero-order valence-corrected chi connectivity index (χ0v) is 14.4. The van der Waals surface area contributed by atoms with E-state index in [1.165, 1.54) is 6.07 Å². The fourth-order valence-corrected chi connectivity index (χ4v) is 3.18. The van der Waals surface area contributed by atoms with Gasteiger partial charge in [0.05, 0.1) is 11.9 Å². The molecule has 2 heterocycles. The van der Waals surface area contributed by atoms with Gasteiger partial charge in [-0.05, 0) is 37.0 Å². The quantitative estimate of drug-likeness (QED) is 0.872. The van der Waals surface area contributed by atoms with E-state index >= 15 is 0 Å². The van der Waals surface area contributed by atoms with Gasteiger partial charge < -0.3 is 15.5 Å². The summed E-state index contributed by atoms with van der Waals surface area (Å²) in [6, 6.07) is 6.62. The number of amides is 2.